The highest BCUT2D eigenvalue weighted by Crippen LogP contribution is 2.37. The van der Waals surface area contributed by atoms with Crippen molar-refractivity contribution in [3.05, 3.63) is 52.3 Å². The number of hydrogen-bond donors (Lipinski definition) is 1. The molecule has 0 spiro atoms. The zero-order valence-electron chi connectivity index (χ0n) is 29.1. The zero-order chi connectivity index (χ0) is 32.9. The molecule has 0 aromatic carbocycles. The average Bonchev–Trinajstić information content (AvgIpc) is 3.56. The van der Waals surface area contributed by atoms with Crippen LogP contribution in [0.25, 0.3) is 17.1 Å². The third-order valence-corrected chi connectivity index (χ3v) is 15.0. The molecule has 0 amide bonds. The van der Waals surface area contributed by atoms with Gasteiger partial charge in [-0.25, -0.2) is 9.97 Å². The average molecular weight is 647 g/mol. The Kier molecular flexibility index (Phi) is 10.9. The van der Waals surface area contributed by atoms with Gasteiger partial charge in [-0.3, -0.25) is 9.36 Å². The van der Waals surface area contributed by atoms with Crippen LogP contribution in [-0.4, -0.2) is 54.1 Å². The lowest BCUT2D eigenvalue weighted by molar-refractivity contribution is 0.259. The van der Waals surface area contributed by atoms with Crippen molar-refractivity contribution in [3.8, 4) is 0 Å². The molecule has 1 aliphatic heterocycles. The Labute approximate surface area is 276 Å². The number of rotatable bonds is 12. The van der Waals surface area contributed by atoms with E-state index in [4.69, 9.17) is 19.1 Å². The molecular formula is C36H54N6O3Si. The summed E-state index contributed by atoms with van der Waals surface area (Å²) in [7, 11) is -1.66. The van der Waals surface area contributed by atoms with E-state index in [-0.39, 0.29) is 16.6 Å². The Morgan fingerprint density at radius 3 is 2.46 bits per heavy atom. The van der Waals surface area contributed by atoms with Crippen LogP contribution in [0.15, 0.2) is 35.6 Å². The summed E-state index contributed by atoms with van der Waals surface area (Å²) in [5.74, 6) is 1.89. The number of hydrogen-bond acceptors (Lipinski definition) is 8. The number of nitrogens with zero attached hydrogens (tertiary/aromatic N) is 5. The summed E-state index contributed by atoms with van der Waals surface area (Å²) in [4.78, 5) is 30.4. The first kappa shape index (κ1) is 34.1. The summed E-state index contributed by atoms with van der Waals surface area (Å²) in [6.45, 7) is 19.0. The smallest absolute Gasteiger partial charge is 0.260 e. The van der Waals surface area contributed by atoms with Gasteiger partial charge in [-0.2, -0.15) is 4.98 Å². The minimum Gasteiger partial charge on any atom is -0.501 e. The molecule has 250 valence electrons. The summed E-state index contributed by atoms with van der Waals surface area (Å²) in [6.07, 6.45) is 16.1. The van der Waals surface area contributed by atoms with Crippen molar-refractivity contribution in [2.45, 2.75) is 110 Å². The fraction of sp³-hybridized carbons (Fsp3) is 0.611. The van der Waals surface area contributed by atoms with E-state index in [0.29, 0.717) is 29.6 Å². The molecule has 2 fully saturated rings. The molecule has 0 unspecified atom stereocenters. The van der Waals surface area contributed by atoms with Crippen molar-refractivity contribution in [1.82, 2.24) is 19.5 Å². The molecule has 2 aliphatic rings. The van der Waals surface area contributed by atoms with E-state index >= 15 is 0 Å². The molecule has 1 saturated heterocycles. The molecule has 3 aromatic rings. The van der Waals surface area contributed by atoms with E-state index in [0.717, 1.165) is 74.4 Å². The molecule has 0 radical (unpaired) electrons. The van der Waals surface area contributed by atoms with E-state index in [1.54, 1.807) is 12.3 Å². The van der Waals surface area contributed by atoms with Crippen molar-refractivity contribution >= 4 is 42.9 Å². The second-order valence-corrected chi connectivity index (χ2v) is 19.4. The number of nitrogens with one attached hydrogen (secondary N) is 1. The van der Waals surface area contributed by atoms with Gasteiger partial charge in [0.1, 0.15) is 11.5 Å². The molecule has 9 nitrogen and oxygen atoms in total. The van der Waals surface area contributed by atoms with E-state index < -0.39 is 8.32 Å². The molecular weight excluding hydrogens is 593 g/mol. The second-order valence-electron chi connectivity index (χ2n) is 14.5. The van der Waals surface area contributed by atoms with Crippen LogP contribution in [0, 0.1) is 12.8 Å². The van der Waals surface area contributed by atoms with Gasteiger partial charge in [-0.15, -0.1) is 0 Å². The molecule has 1 N–H and O–H groups in total. The number of aryl methyl sites for hydroxylation is 1. The second kappa shape index (κ2) is 14.7. The Hall–Kier alpha value is -3.24. The van der Waals surface area contributed by atoms with Gasteiger partial charge in [-0.1, -0.05) is 33.6 Å². The first-order valence-electron chi connectivity index (χ1n) is 17.3. The SMILES string of the molecule is CCOC=Cc1c(C)c2cnc(Nc3ccc(N4CCC(CCCO[Si](C)(C)C(C)(C)C)CC4)cn3)nc2n(C2CCCC2)c1=O. The van der Waals surface area contributed by atoms with Crippen LogP contribution in [0.2, 0.25) is 18.1 Å². The lowest BCUT2D eigenvalue weighted by Crippen LogP contribution is -2.41. The maximum Gasteiger partial charge on any atom is 0.260 e. The van der Waals surface area contributed by atoms with E-state index in [1.807, 2.05) is 36.9 Å². The largest absolute Gasteiger partial charge is 0.501 e. The van der Waals surface area contributed by atoms with E-state index in [1.165, 1.54) is 19.3 Å². The predicted octanol–water partition coefficient (Wildman–Crippen LogP) is 8.38. The van der Waals surface area contributed by atoms with Crippen LogP contribution in [0.1, 0.15) is 96.2 Å². The van der Waals surface area contributed by atoms with Crippen molar-refractivity contribution in [3.63, 3.8) is 0 Å². The summed E-state index contributed by atoms with van der Waals surface area (Å²) in [6, 6.07) is 4.25. The predicted molar refractivity (Wildman–Crippen MR) is 192 cm³/mol. The molecule has 0 atom stereocenters. The third kappa shape index (κ3) is 7.82. The lowest BCUT2D eigenvalue weighted by atomic mass is 9.92. The quantitative estimate of drug-likeness (QED) is 0.119. The summed E-state index contributed by atoms with van der Waals surface area (Å²) >= 11 is 0. The van der Waals surface area contributed by atoms with Gasteiger partial charge in [0.15, 0.2) is 8.32 Å². The van der Waals surface area contributed by atoms with E-state index in [2.05, 4.69) is 55.1 Å². The molecule has 46 heavy (non-hydrogen) atoms. The minimum absolute atomic E-state index is 0.0248. The summed E-state index contributed by atoms with van der Waals surface area (Å²) in [5.41, 5.74) is 3.29. The highest BCUT2D eigenvalue weighted by Gasteiger charge is 2.37. The van der Waals surface area contributed by atoms with Crippen molar-refractivity contribution in [2.75, 3.05) is 36.5 Å². The van der Waals surface area contributed by atoms with Crippen molar-refractivity contribution < 1.29 is 9.16 Å². The molecule has 1 saturated carbocycles. The standard InChI is InChI=1S/C36H54N6O3Si/c1-8-44-23-19-30-26(2)31-25-38-35(40-33(31)42(34(30)43)28-13-9-10-14-28)39-32-16-15-29(24-37-32)41-20-17-27(18-21-41)12-11-22-45-46(6,7)36(3,4)5/h15-16,19,23-25,27-28H,8-14,17-18,20-22H2,1-7H3,(H,37,38,39,40). The van der Waals surface area contributed by atoms with Gasteiger partial charge in [0.05, 0.1) is 24.8 Å². The molecule has 4 heterocycles. The highest BCUT2D eigenvalue weighted by atomic mass is 28.4. The van der Waals surface area contributed by atoms with Gasteiger partial charge in [-0.05, 0) is 100 Å². The fourth-order valence-corrected chi connectivity index (χ4v) is 7.57. The number of piperidine rings is 1. The van der Waals surface area contributed by atoms with Gasteiger partial charge < -0.3 is 19.4 Å². The maximum absolute atomic E-state index is 13.8. The van der Waals surface area contributed by atoms with Crippen LogP contribution in [0.4, 0.5) is 17.5 Å². The number of fused-ring (bicyclic) bond motifs is 1. The Morgan fingerprint density at radius 2 is 1.80 bits per heavy atom. The van der Waals surface area contributed by atoms with Crippen LogP contribution in [0.3, 0.4) is 0 Å². The Balaban J connectivity index is 1.22. The molecule has 1 aliphatic carbocycles. The summed E-state index contributed by atoms with van der Waals surface area (Å²) < 4.78 is 13.7. The van der Waals surface area contributed by atoms with Gasteiger partial charge >= 0.3 is 0 Å². The van der Waals surface area contributed by atoms with E-state index in [9.17, 15) is 4.79 Å². The Bertz CT molecular complexity index is 1550. The van der Waals surface area contributed by atoms with Gasteiger partial charge in [0.25, 0.3) is 5.56 Å². The van der Waals surface area contributed by atoms with Crippen LogP contribution < -0.4 is 15.8 Å². The van der Waals surface area contributed by atoms with Gasteiger partial charge in [0, 0.05) is 42.9 Å². The highest BCUT2D eigenvalue weighted by molar-refractivity contribution is 6.74. The molecule has 3 aromatic heterocycles. The van der Waals surface area contributed by atoms with Crippen LogP contribution in [-0.2, 0) is 9.16 Å². The number of aromatic nitrogens is 4. The maximum atomic E-state index is 13.8. The first-order chi connectivity index (χ1) is 22.0. The van der Waals surface area contributed by atoms with Crippen molar-refractivity contribution in [2.24, 2.45) is 5.92 Å². The normalized spacial score (nSPS) is 17.0. The van der Waals surface area contributed by atoms with Gasteiger partial charge in [0.2, 0.25) is 5.95 Å². The number of ether oxygens (including phenoxy) is 1. The molecule has 0 bridgehead atoms. The first-order valence-corrected chi connectivity index (χ1v) is 20.2. The third-order valence-electron chi connectivity index (χ3n) is 10.4. The molecule has 10 heteroatoms. The minimum atomic E-state index is -1.66. The number of anilines is 3. The van der Waals surface area contributed by atoms with Crippen LogP contribution in [0.5, 0.6) is 0 Å². The summed E-state index contributed by atoms with van der Waals surface area (Å²) in [5, 5.41) is 4.43. The lowest BCUT2D eigenvalue weighted by Gasteiger charge is -2.36. The monoisotopic (exact) mass is 646 g/mol. The zero-order valence-corrected chi connectivity index (χ0v) is 30.1. The topological polar surface area (TPSA) is 94.4 Å². The fourth-order valence-electron chi connectivity index (χ4n) is 6.48. The molecule has 5 rings (SSSR count). The van der Waals surface area contributed by atoms with Crippen LogP contribution >= 0.6 is 0 Å². The van der Waals surface area contributed by atoms with Crippen molar-refractivity contribution in [1.29, 1.82) is 0 Å². The Morgan fingerprint density at radius 1 is 1.07 bits per heavy atom. The number of pyridine rings is 2.